The third-order valence-corrected chi connectivity index (χ3v) is 6.73. The minimum atomic E-state index is -3.50. The average molecular weight is 356 g/mol. The van der Waals surface area contributed by atoms with Gasteiger partial charge >= 0.3 is 0 Å². The molecule has 130 valence electrons. The number of methoxy groups -OCH3 is 1. The number of benzene rings is 2. The van der Waals surface area contributed by atoms with E-state index in [1.165, 1.54) is 10.9 Å². The van der Waals surface area contributed by atoms with Crippen LogP contribution in [0.15, 0.2) is 53.4 Å². The fourth-order valence-electron chi connectivity index (χ4n) is 3.48. The fraction of sp³-hybridized carbons (Fsp3) is 0.263. The van der Waals surface area contributed by atoms with Crippen molar-refractivity contribution in [3.8, 4) is 5.75 Å². The topological polar surface area (TPSA) is 62.4 Å². The second kappa shape index (κ2) is 6.20. The Labute approximate surface area is 147 Å². The molecule has 6 heteroatoms. The molecule has 25 heavy (non-hydrogen) atoms. The molecule has 2 heterocycles. The van der Waals surface area contributed by atoms with E-state index in [2.05, 4.69) is 17.1 Å². The number of sulfonamides is 1. The lowest BCUT2D eigenvalue weighted by Crippen LogP contribution is -2.33. The summed E-state index contributed by atoms with van der Waals surface area (Å²) in [4.78, 5) is 3.75. The zero-order valence-electron chi connectivity index (χ0n) is 14.0. The Bertz CT molecular complexity index is 1010. The van der Waals surface area contributed by atoms with Crippen LogP contribution < -0.4 is 4.74 Å². The molecule has 0 spiro atoms. The van der Waals surface area contributed by atoms with Crippen molar-refractivity contribution < 1.29 is 13.2 Å². The van der Waals surface area contributed by atoms with E-state index in [1.54, 1.807) is 35.7 Å². The Morgan fingerprint density at radius 2 is 1.72 bits per heavy atom. The number of aromatic amines is 1. The smallest absolute Gasteiger partial charge is 0.243 e. The van der Waals surface area contributed by atoms with Crippen LogP contribution in [-0.2, 0) is 22.9 Å². The molecule has 3 aromatic rings. The van der Waals surface area contributed by atoms with E-state index in [-0.39, 0.29) is 0 Å². The van der Waals surface area contributed by atoms with Crippen molar-refractivity contribution in [3.63, 3.8) is 0 Å². The number of rotatable bonds is 3. The first-order chi connectivity index (χ1) is 12.1. The molecule has 1 aromatic heterocycles. The summed E-state index contributed by atoms with van der Waals surface area (Å²) in [5, 5.41) is 1.20. The van der Waals surface area contributed by atoms with Gasteiger partial charge in [-0.2, -0.15) is 4.31 Å². The Hall–Kier alpha value is -2.31. The lowest BCUT2D eigenvalue weighted by molar-refractivity contribution is 0.413. The van der Waals surface area contributed by atoms with Crippen LogP contribution in [0.4, 0.5) is 0 Å². The van der Waals surface area contributed by atoms with Crippen LogP contribution in [0.25, 0.3) is 10.9 Å². The van der Waals surface area contributed by atoms with Gasteiger partial charge in [0.25, 0.3) is 0 Å². The van der Waals surface area contributed by atoms with Crippen LogP contribution in [0.5, 0.6) is 5.75 Å². The maximum Gasteiger partial charge on any atom is 0.243 e. The van der Waals surface area contributed by atoms with Gasteiger partial charge in [-0.1, -0.05) is 18.2 Å². The molecule has 1 N–H and O–H groups in total. The van der Waals surface area contributed by atoms with Gasteiger partial charge in [0.15, 0.2) is 0 Å². The molecule has 5 nitrogen and oxygen atoms in total. The Balaban J connectivity index is 1.62. The van der Waals surface area contributed by atoms with E-state index < -0.39 is 10.0 Å². The van der Waals surface area contributed by atoms with Crippen LogP contribution in [-0.4, -0.2) is 37.9 Å². The van der Waals surface area contributed by atoms with Crippen molar-refractivity contribution >= 4 is 20.9 Å². The first-order valence-electron chi connectivity index (χ1n) is 8.32. The summed E-state index contributed by atoms with van der Waals surface area (Å²) in [6, 6.07) is 14.8. The number of ether oxygens (including phenoxy) is 1. The Morgan fingerprint density at radius 3 is 2.48 bits per heavy atom. The molecule has 1 aliphatic rings. The van der Waals surface area contributed by atoms with E-state index in [4.69, 9.17) is 4.74 Å². The molecule has 0 saturated heterocycles. The van der Waals surface area contributed by atoms with Crippen molar-refractivity contribution in [2.75, 3.05) is 20.2 Å². The van der Waals surface area contributed by atoms with E-state index in [0.29, 0.717) is 36.6 Å². The molecule has 0 atom stereocenters. The van der Waals surface area contributed by atoms with Crippen LogP contribution in [0.2, 0.25) is 0 Å². The van der Waals surface area contributed by atoms with Crippen LogP contribution in [0.3, 0.4) is 0 Å². The van der Waals surface area contributed by atoms with Gasteiger partial charge in [0.05, 0.1) is 12.0 Å². The van der Waals surface area contributed by atoms with Gasteiger partial charge in [-0.05, 0) is 42.3 Å². The largest absolute Gasteiger partial charge is 0.497 e. The van der Waals surface area contributed by atoms with Gasteiger partial charge in [0, 0.05) is 36.1 Å². The predicted octanol–water partition coefficient (Wildman–Crippen LogP) is 2.97. The fourth-order valence-corrected chi connectivity index (χ4v) is 4.92. The van der Waals surface area contributed by atoms with Crippen LogP contribution in [0, 0.1) is 0 Å². The molecule has 2 aromatic carbocycles. The summed E-state index contributed by atoms with van der Waals surface area (Å²) in [5.41, 5.74) is 3.51. The molecule has 0 aliphatic carbocycles. The third kappa shape index (κ3) is 2.81. The number of H-pyrrole nitrogens is 1. The minimum absolute atomic E-state index is 0.309. The van der Waals surface area contributed by atoms with Gasteiger partial charge in [-0.15, -0.1) is 0 Å². The normalized spacial score (nSPS) is 15.7. The van der Waals surface area contributed by atoms with Crippen molar-refractivity contribution in [2.24, 2.45) is 0 Å². The number of hydrogen-bond acceptors (Lipinski definition) is 3. The minimum Gasteiger partial charge on any atom is -0.497 e. The summed E-state index contributed by atoms with van der Waals surface area (Å²) < 4.78 is 32.6. The lowest BCUT2D eigenvalue weighted by atomic mass is 10.1. The van der Waals surface area contributed by atoms with Gasteiger partial charge in [0.1, 0.15) is 5.75 Å². The molecular weight excluding hydrogens is 336 g/mol. The second-order valence-corrected chi connectivity index (χ2v) is 8.15. The molecule has 0 unspecified atom stereocenters. The van der Waals surface area contributed by atoms with E-state index >= 15 is 0 Å². The molecule has 0 fully saturated rings. The van der Waals surface area contributed by atoms with Gasteiger partial charge in [-0.25, -0.2) is 8.42 Å². The summed E-state index contributed by atoms with van der Waals surface area (Å²) in [6.07, 6.45) is 1.41. The highest BCUT2D eigenvalue weighted by Gasteiger charge is 2.27. The molecule has 0 amide bonds. The number of hydrogen-bond donors (Lipinski definition) is 1. The number of aromatic nitrogens is 1. The molecule has 0 bridgehead atoms. The van der Waals surface area contributed by atoms with Crippen LogP contribution in [0.1, 0.15) is 11.3 Å². The quantitative estimate of drug-likeness (QED) is 0.785. The average Bonchev–Trinajstić information content (AvgIpc) is 2.85. The zero-order chi connectivity index (χ0) is 17.4. The van der Waals surface area contributed by atoms with Crippen molar-refractivity contribution in [3.05, 3.63) is 59.8 Å². The summed E-state index contributed by atoms with van der Waals surface area (Å²) in [6.45, 7) is 0.970. The molecule has 4 rings (SSSR count). The molecule has 1 aliphatic heterocycles. The summed E-state index contributed by atoms with van der Waals surface area (Å²) in [7, 11) is -1.93. The Morgan fingerprint density at radius 1 is 1.00 bits per heavy atom. The predicted molar refractivity (Wildman–Crippen MR) is 97.5 cm³/mol. The van der Waals surface area contributed by atoms with Gasteiger partial charge in [0.2, 0.25) is 10.0 Å². The number of para-hydroxylation sites is 1. The number of nitrogens with zero attached hydrogens (tertiary/aromatic N) is 1. The first kappa shape index (κ1) is 16.2. The molecule has 0 saturated carbocycles. The molecular formula is C19H20N2O3S. The highest BCUT2D eigenvalue weighted by atomic mass is 32.2. The first-order valence-corrected chi connectivity index (χ1v) is 9.76. The monoisotopic (exact) mass is 356 g/mol. The standard InChI is InChI=1S/C19H20N2O3S/c1-24-14-6-8-15(9-7-14)25(22,23)21-12-10-17-16-4-2-3-5-18(16)20-19(17)11-13-21/h2-9,20H,10-13H2,1H3. The maximum absolute atomic E-state index is 13.0. The SMILES string of the molecule is COc1ccc(S(=O)(=O)N2CCc3[nH]c4ccccc4c3CC2)cc1. The van der Waals surface area contributed by atoms with E-state index in [0.717, 1.165) is 11.2 Å². The zero-order valence-corrected chi connectivity index (χ0v) is 14.8. The van der Waals surface area contributed by atoms with E-state index in [1.807, 2.05) is 12.1 Å². The van der Waals surface area contributed by atoms with Crippen molar-refractivity contribution in [1.29, 1.82) is 0 Å². The van der Waals surface area contributed by atoms with Crippen LogP contribution >= 0.6 is 0 Å². The van der Waals surface area contributed by atoms with Gasteiger partial charge < -0.3 is 9.72 Å². The Kier molecular flexibility index (Phi) is 4.01. The molecule has 0 radical (unpaired) electrons. The number of fused-ring (bicyclic) bond motifs is 3. The highest BCUT2D eigenvalue weighted by molar-refractivity contribution is 7.89. The summed E-state index contributed by atoms with van der Waals surface area (Å²) >= 11 is 0. The van der Waals surface area contributed by atoms with Gasteiger partial charge in [-0.3, -0.25) is 0 Å². The van der Waals surface area contributed by atoms with Crippen molar-refractivity contribution in [2.45, 2.75) is 17.7 Å². The second-order valence-electron chi connectivity index (χ2n) is 6.21. The lowest BCUT2D eigenvalue weighted by Gasteiger charge is -2.20. The van der Waals surface area contributed by atoms with Crippen molar-refractivity contribution in [1.82, 2.24) is 9.29 Å². The third-order valence-electron chi connectivity index (χ3n) is 4.82. The maximum atomic E-state index is 13.0. The number of nitrogens with one attached hydrogen (secondary N) is 1. The van der Waals surface area contributed by atoms with E-state index in [9.17, 15) is 8.42 Å². The summed E-state index contributed by atoms with van der Waals surface area (Å²) in [5.74, 6) is 0.649. The highest BCUT2D eigenvalue weighted by Crippen LogP contribution is 2.28.